The maximum Gasteiger partial charge on any atom is 0.446 e. The molecular formula is C11H10BrF3O2S. The average molecular weight is 343 g/mol. The van der Waals surface area contributed by atoms with Crippen molar-refractivity contribution in [2.45, 2.75) is 28.8 Å². The largest absolute Gasteiger partial charge is 0.446 e. The topological polar surface area (TPSA) is 37.3 Å². The van der Waals surface area contributed by atoms with E-state index in [1.165, 1.54) is 25.1 Å². The van der Waals surface area contributed by atoms with Crippen molar-refractivity contribution in [3.63, 3.8) is 0 Å². The highest BCUT2D eigenvalue weighted by atomic mass is 79.9. The molecule has 100 valence electrons. The van der Waals surface area contributed by atoms with Gasteiger partial charge in [0.05, 0.1) is 11.4 Å². The van der Waals surface area contributed by atoms with E-state index in [2.05, 4.69) is 15.9 Å². The molecule has 0 saturated heterocycles. The van der Waals surface area contributed by atoms with Crippen LogP contribution < -0.4 is 0 Å². The van der Waals surface area contributed by atoms with Crippen LogP contribution in [0.2, 0.25) is 0 Å². The molecule has 0 aliphatic rings. The Morgan fingerprint density at radius 2 is 2.11 bits per heavy atom. The Kier molecular flexibility index (Phi) is 5.24. The predicted octanol–water partition coefficient (Wildman–Crippen LogP) is 3.76. The molecular weight excluding hydrogens is 333 g/mol. The fourth-order valence-electron chi connectivity index (χ4n) is 1.40. The molecule has 1 aromatic carbocycles. The van der Waals surface area contributed by atoms with Crippen LogP contribution in [0.4, 0.5) is 13.2 Å². The van der Waals surface area contributed by atoms with Crippen LogP contribution in [0.3, 0.4) is 0 Å². The molecule has 0 saturated carbocycles. The molecule has 0 bridgehead atoms. The third-order valence-corrected chi connectivity index (χ3v) is 3.32. The van der Waals surface area contributed by atoms with E-state index in [-0.39, 0.29) is 27.8 Å². The first-order valence-corrected chi connectivity index (χ1v) is 6.66. The Labute approximate surface area is 115 Å². The Balaban J connectivity index is 3.29. The van der Waals surface area contributed by atoms with Crippen LogP contribution in [0.15, 0.2) is 23.1 Å². The molecule has 0 heterocycles. The van der Waals surface area contributed by atoms with Crippen LogP contribution >= 0.6 is 27.7 Å². The molecule has 2 nitrogen and oxygen atoms in total. The number of rotatable bonds is 4. The number of thioether (sulfide) groups is 1. The van der Waals surface area contributed by atoms with Crippen LogP contribution in [0, 0.1) is 0 Å². The summed E-state index contributed by atoms with van der Waals surface area (Å²) in [7, 11) is 0. The van der Waals surface area contributed by atoms with Gasteiger partial charge in [0.25, 0.3) is 0 Å². The molecule has 1 N–H and O–H groups in total. The number of alkyl halides is 4. The van der Waals surface area contributed by atoms with Crippen molar-refractivity contribution in [3.05, 3.63) is 29.3 Å². The van der Waals surface area contributed by atoms with Crippen molar-refractivity contribution in [3.8, 4) is 0 Å². The third kappa shape index (κ3) is 4.00. The van der Waals surface area contributed by atoms with E-state index in [9.17, 15) is 18.0 Å². The number of aliphatic hydroxyl groups excluding tert-OH is 1. The summed E-state index contributed by atoms with van der Waals surface area (Å²) in [5.41, 5.74) is -4.36. The maximum atomic E-state index is 12.4. The normalized spacial score (nSPS) is 13.4. The standard InChI is InChI=1S/C11H10BrF3O2S/c1-6(12)10(17)9-7(5-16)3-2-4-8(9)18-11(13,14)15/h2-4,6,16H,5H2,1H3. The number of hydrogen-bond acceptors (Lipinski definition) is 3. The van der Waals surface area contributed by atoms with Crippen LogP contribution in [0.1, 0.15) is 22.8 Å². The molecule has 1 unspecified atom stereocenters. The van der Waals surface area contributed by atoms with Gasteiger partial charge in [-0.2, -0.15) is 13.2 Å². The van der Waals surface area contributed by atoms with Gasteiger partial charge in [-0.1, -0.05) is 28.1 Å². The van der Waals surface area contributed by atoms with Gasteiger partial charge < -0.3 is 5.11 Å². The third-order valence-electron chi connectivity index (χ3n) is 2.12. The molecule has 0 fully saturated rings. The zero-order valence-corrected chi connectivity index (χ0v) is 11.7. The minimum Gasteiger partial charge on any atom is -0.392 e. The van der Waals surface area contributed by atoms with Gasteiger partial charge in [-0.25, -0.2) is 0 Å². The summed E-state index contributed by atoms with van der Waals surface area (Å²) in [4.78, 5) is 11.1. The number of aliphatic hydroxyl groups is 1. The number of benzene rings is 1. The highest BCUT2D eigenvalue weighted by molar-refractivity contribution is 9.10. The van der Waals surface area contributed by atoms with Gasteiger partial charge >= 0.3 is 5.51 Å². The summed E-state index contributed by atoms with van der Waals surface area (Å²) < 4.78 is 37.2. The number of ketones is 1. The van der Waals surface area contributed by atoms with E-state index in [1.807, 2.05) is 0 Å². The molecule has 7 heteroatoms. The van der Waals surface area contributed by atoms with Crippen molar-refractivity contribution < 1.29 is 23.1 Å². The van der Waals surface area contributed by atoms with Gasteiger partial charge in [0.15, 0.2) is 5.78 Å². The number of halogens is 4. The van der Waals surface area contributed by atoms with Gasteiger partial charge in [0.2, 0.25) is 0 Å². The zero-order chi connectivity index (χ0) is 13.9. The molecule has 1 atom stereocenters. The van der Waals surface area contributed by atoms with E-state index >= 15 is 0 Å². The summed E-state index contributed by atoms with van der Waals surface area (Å²) in [5.74, 6) is -0.480. The van der Waals surface area contributed by atoms with Gasteiger partial charge in [0.1, 0.15) is 0 Å². The van der Waals surface area contributed by atoms with Crippen LogP contribution in [-0.4, -0.2) is 21.2 Å². The summed E-state index contributed by atoms with van der Waals surface area (Å²) in [6.07, 6.45) is 0. The Morgan fingerprint density at radius 3 is 2.56 bits per heavy atom. The second-order valence-corrected chi connectivity index (χ2v) is 5.96. The first-order valence-electron chi connectivity index (χ1n) is 4.93. The maximum absolute atomic E-state index is 12.4. The van der Waals surface area contributed by atoms with E-state index in [1.54, 1.807) is 0 Å². The lowest BCUT2D eigenvalue weighted by Crippen LogP contribution is -2.15. The smallest absolute Gasteiger partial charge is 0.392 e. The Morgan fingerprint density at radius 1 is 1.50 bits per heavy atom. The molecule has 0 aromatic heterocycles. The summed E-state index contributed by atoms with van der Waals surface area (Å²) in [5, 5.41) is 9.11. The lowest BCUT2D eigenvalue weighted by molar-refractivity contribution is -0.0328. The van der Waals surface area contributed by atoms with E-state index in [4.69, 9.17) is 5.11 Å². The minimum atomic E-state index is -4.47. The molecule has 0 radical (unpaired) electrons. The van der Waals surface area contributed by atoms with E-state index in [0.29, 0.717) is 0 Å². The summed E-state index contributed by atoms with van der Waals surface area (Å²) >= 11 is 2.68. The fraction of sp³-hybridized carbons (Fsp3) is 0.364. The number of carbonyl (C=O) groups excluding carboxylic acids is 1. The second kappa shape index (κ2) is 6.08. The lowest BCUT2D eigenvalue weighted by Gasteiger charge is -2.14. The number of Topliss-reactive ketones (excluding diaryl/α,β-unsaturated/α-hetero) is 1. The van der Waals surface area contributed by atoms with Crippen molar-refractivity contribution >= 4 is 33.5 Å². The molecule has 1 rings (SSSR count). The Bertz CT molecular complexity index is 446. The monoisotopic (exact) mass is 342 g/mol. The van der Waals surface area contributed by atoms with Crippen LogP contribution in [-0.2, 0) is 6.61 Å². The van der Waals surface area contributed by atoms with Gasteiger partial charge in [0, 0.05) is 10.5 Å². The average Bonchev–Trinajstić information content (AvgIpc) is 2.25. The molecule has 0 aliphatic heterocycles. The lowest BCUT2D eigenvalue weighted by atomic mass is 10.0. The predicted molar refractivity (Wildman–Crippen MR) is 67.0 cm³/mol. The SMILES string of the molecule is CC(Br)C(=O)c1c(CO)cccc1SC(F)(F)F. The summed E-state index contributed by atoms with van der Waals surface area (Å²) in [6.45, 7) is 1.05. The van der Waals surface area contributed by atoms with E-state index < -0.39 is 22.7 Å². The first kappa shape index (κ1) is 15.5. The minimum absolute atomic E-state index is 0.0771. The van der Waals surface area contributed by atoms with Crippen molar-refractivity contribution in [2.75, 3.05) is 0 Å². The first-order chi connectivity index (χ1) is 8.26. The van der Waals surface area contributed by atoms with Crippen molar-refractivity contribution in [1.29, 1.82) is 0 Å². The summed E-state index contributed by atoms with van der Waals surface area (Å²) in [6, 6.07) is 4.04. The van der Waals surface area contributed by atoms with Gasteiger partial charge in [-0.05, 0) is 30.3 Å². The molecule has 18 heavy (non-hydrogen) atoms. The van der Waals surface area contributed by atoms with Crippen molar-refractivity contribution in [2.24, 2.45) is 0 Å². The van der Waals surface area contributed by atoms with Crippen LogP contribution in [0.5, 0.6) is 0 Å². The highest BCUT2D eigenvalue weighted by Crippen LogP contribution is 2.40. The Hall–Kier alpha value is -0.530. The van der Waals surface area contributed by atoms with E-state index in [0.717, 1.165) is 0 Å². The number of hydrogen-bond donors (Lipinski definition) is 1. The van der Waals surface area contributed by atoms with Crippen molar-refractivity contribution in [1.82, 2.24) is 0 Å². The number of carbonyl (C=O) groups is 1. The molecule has 0 spiro atoms. The highest BCUT2D eigenvalue weighted by Gasteiger charge is 2.32. The quantitative estimate of drug-likeness (QED) is 0.514. The molecule has 1 aromatic rings. The second-order valence-electron chi connectivity index (χ2n) is 3.48. The fourth-order valence-corrected chi connectivity index (χ4v) is 2.36. The van der Waals surface area contributed by atoms with Crippen LogP contribution in [0.25, 0.3) is 0 Å². The van der Waals surface area contributed by atoms with Gasteiger partial charge in [-0.3, -0.25) is 4.79 Å². The van der Waals surface area contributed by atoms with Gasteiger partial charge in [-0.15, -0.1) is 0 Å². The molecule has 0 aliphatic carbocycles. The zero-order valence-electron chi connectivity index (χ0n) is 9.29. The molecule has 0 amide bonds.